The SMILES string of the molecule is Cn1ccnc(N2CCN(C(=O)c3ccccc3C(F)(F)F)CC2)c1=O. The van der Waals surface area contributed by atoms with Crippen LogP contribution in [0.5, 0.6) is 0 Å². The first kappa shape index (κ1) is 18.0. The Morgan fingerprint density at radius 1 is 1.12 bits per heavy atom. The molecule has 1 amide bonds. The molecule has 0 radical (unpaired) electrons. The molecule has 0 unspecified atom stereocenters. The fourth-order valence-corrected chi connectivity index (χ4v) is 2.91. The number of carbonyl (C=O) groups excluding carboxylic acids is 1. The van der Waals surface area contributed by atoms with Crippen LogP contribution in [0.25, 0.3) is 0 Å². The van der Waals surface area contributed by atoms with Crippen LogP contribution in [0, 0.1) is 0 Å². The third kappa shape index (κ3) is 3.42. The van der Waals surface area contributed by atoms with E-state index in [1.165, 1.54) is 33.9 Å². The van der Waals surface area contributed by atoms with E-state index in [-0.39, 0.29) is 30.0 Å². The van der Waals surface area contributed by atoms with Crippen LogP contribution in [0.4, 0.5) is 19.0 Å². The summed E-state index contributed by atoms with van der Waals surface area (Å²) in [6.07, 6.45) is -1.54. The molecule has 1 aliphatic heterocycles. The minimum Gasteiger partial charge on any atom is -0.348 e. The minimum absolute atomic E-state index is 0.213. The van der Waals surface area contributed by atoms with Gasteiger partial charge in [-0.05, 0) is 12.1 Å². The summed E-state index contributed by atoms with van der Waals surface area (Å²) in [6.45, 7) is 1.08. The van der Waals surface area contributed by atoms with Crippen molar-refractivity contribution in [1.29, 1.82) is 0 Å². The standard InChI is InChI=1S/C17H17F3N4O2/c1-22-7-6-21-14(16(22)26)23-8-10-24(11-9-23)15(25)12-4-2-3-5-13(12)17(18,19)20/h2-7H,8-11H2,1H3. The van der Waals surface area contributed by atoms with Gasteiger partial charge in [-0.2, -0.15) is 13.2 Å². The van der Waals surface area contributed by atoms with Crippen LogP contribution in [0.3, 0.4) is 0 Å². The molecule has 1 aromatic carbocycles. The lowest BCUT2D eigenvalue weighted by atomic mass is 10.1. The highest BCUT2D eigenvalue weighted by Gasteiger charge is 2.36. The van der Waals surface area contributed by atoms with Crippen molar-refractivity contribution >= 4 is 11.7 Å². The van der Waals surface area contributed by atoms with E-state index in [2.05, 4.69) is 4.98 Å². The molecule has 0 aliphatic carbocycles. The Labute approximate surface area is 147 Å². The first-order chi connectivity index (χ1) is 12.3. The second-order valence-electron chi connectivity index (χ2n) is 5.99. The predicted molar refractivity (Wildman–Crippen MR) is 89.0 cm³/mol. The molecular formula is C17H17F3N4O2. The zero-order valence-electron chi connectivity index (χ0n) is 14.0. The van der Waals surface area contributed by atoms with Gasteiger partial charge in [0.1, 0.15) is 0 Å². The zero-order valence-corrected chi connectivity index (χ0v) is 14.0. The molecule has 2 aromatic rings. The van der Waals surface area contributed by atoms with Gasteiger partial charge in [0.05, 0.1) is 11.1 Å². The average Bonchev–Trinajstić information content (AvgIpc) is 2.63. The number of benzene rings is 1. The largest absolute Gasteiger partial charge is 0.417 e. The molecule has 138 valence electrons. The molecule has 1 fully saturated rings. The first-order valence-electron chi connectivity index (χ1n) is 8.01. The van der Waals surface area contributed by atoms with Crippen molar-refractivity contribution < 1.29 is 18.0 Å². The number of rotatable bonds is 2. The van der Waals surface area contributed by atoms with E-state index in [4.69, 9.17) is 0 Å². The molecular weight excluding hydrogens is 349 g/mol. The van der Waals surface area contributed by atoms with E-state index in [1.54, 1.807) is 18.1 Å². The molecule has 3 rings (SSSR count). The highest BCUT2D eigenvalue weighted by atomic mass is 19.4. The van der Waals surface area contributed by atoms with Crippen LogP contribution in [-0.2, 0) is 13.2 Å². The lowest BCUT2D eigenvalue weighted by molar-refractivity contribution is -0.138. The molecule has 0 N–H and O–H groups in total. The van der Waals surface area contributed by atoms with Crippen LogP contribution in [0.2, 0.25) is 0 Å². The number of aromatic nitrogens is 2. The van der Waals surface area contributed by atoms with Gasteiger partial charge in [-0.25, -0.2) is 4.98 Å². The zero-order chi connectivity index (χ0) is 18.9. The summed E-state index contributed by atoms with van der Waals surface area (Å²) in [6, 6.07) is 4.76. The molecule has 0 spiro atoms. The normalized spacial score (nSPS) is 15.2. The van der Waals surface area contributed by atoms with Crippen molar-refractivity contribution in [3.8, 4) is 0 Å². The quantitative estimate of drug-likeness (QED) is 0.813. The maximum Gasteiger partial charge on any atom is 0.417 e. The van der Waals surface area contributed by atoms with E-state index in [1.807, 2.05) is 0 Å². The highest BCUT2D eigenvalue weighted by molar-refractivity contribution is 5.96. The van der Waals surface area contributed by atoms with Crippen LogP contribution < -0.4 is 10.5 Å². The van der Waals surface area contributed by atoms with Gasteiger partial charge in [-0.15, -0.1) is 0 Å². The number of carbonyl (C=O) groups is 1. The average molecular weight is 366 g/mol. The third-order valence-electron chi connectivity index (χ3n) is 4.33. The van der Waals surface area contributed by atoms with Crippen LogP contribution >= 0.6 is 0 Å². The summed E-state index contributed by atoms with van der Waals surface area (Å²) in [5.74, 6) is -0.385. The van der Waals surface area contributed by atoms with Crippen LogP contribution in [-0.4, -0.2) is 46.5 Å². The Morgan fingerprint density at radius 3 is 2.42 bits per heavy atom. The van der Waals surface area contributed by atoms with Gasteiger partial charge in [-0.1, -0.05) is 12.1 Å². The molecule has 0 bridgehead atoms. The molecule has 26 heavy (non-hydrogen) atoms. The molecule has 1 aliphatic rings. The van der Waals surface area contributed by atoms with Gasteiger partial charge >= 0.3 is 6.18 Å². The lowest BCUT2D eigenvalue weighted by Crippen LogP contribution is -2.50. The summed E-state index contributed by atoms with van der Waals surface area (Å²) in [5, 5.41) is 0. The topological polar surface area (TPSA) is 58.4 Å². The van der Waals surface area contributed by atoms with E-state index >= 15 is 0 Å². The van der Waals surface area contributed by atoms with E-state index < -0.39 is 17.6 Å². The number of alkyl halides is 3. The number of piperazine rings is 1. The van der Waals surface area contributed by atoms with E-state index in [0.29, 0.717) is 13.1 Å². The van der Waals surface area contributed by atoms with Crippen molar-refractivity contribution in [3.63, 3.8) is 0 Å². The lowest BCUT2D eigenvalue weighted by Gasteiger charge is -2.35. The molecule has 6 nitrogen and oxygen atoms in total. The maximum absolute atomic E-state index is 13.1. The van der Waals surface area contributed by atoms with Crippen molar-refractivity contribution in [1.82, 2.24) is 14.5 Å². The van der Waals surface area contributed by atoms with Crippen LogP contribution in [0.15, 0.2) is 41.5 Å². The van der Waals surface area contributed by atoms with E-state index in [0.717, 1.165) is 6.07 Å². The summed E-state index contributed by atoms with van der Waals surface area (Å²) in [7, 11) is 1.61. The second-order valence-corrected chi connectivity index (χ2v) is 5.99. The van der Waals surface area contributed by atoms with Crippen molar-refractivity contribution in [2.75, 3.05) is 31.1 Å². The summed E-state index contributed by atoms with van der Waals surface area (Å²) >= 11 is 0. The maximum atomic E-state index is 13.1. The number of halogens is 3. The monoisotopic (exact) mass is 366 g/mol. The third-order valence-corrected chi connectivity index (χ3v) is 4.33. The van der Waals surface area contributed by atoms with Gasteiger partial charge in [0.15, 0.2) is 5.82 Å². The molecule has 2 heterocycles. The molecule has 0 saturated carbocycles. The number of hydrogen-bond donors (Lipinski definition) is 0. The first-order valence-corrected chi connectivity index (χ1v) is 8.01. The van der Waals surface area contributed by atoms with Crippen LogP contribution in [0.1, 0.15) is 15.9 Å². The van der Waals surface area contributed by atoms with E-state index in [9.17, 15) is 22.8 Å². The fourth-order valence-electron chi connectivity index (χ4n) is 2.91. The Bertz CT molecular complexity index is 871. The summed E-state index contributed by atoms with van der Waals surface area (Å²) in [5.41, 5.74) is -1.55. The Morgan fingerprint density at radius 2 is 1.77 bits per heavy atom. The number of hydrogen-bond acceptors (Lipinski definition) is 4. The molecule has 1 saturated heterocycles. The number of nitrogens with zero attached hydrogens (tertiary/aromatic N) is 4. The number of anilines is 1. The Hall–Kier alpha value is -2.84. The number of amides is 1. The minimum atomic E-state index is -4.59. The van der Waals surface area contributed by atoms with Crippen molar-refractivity contribution in [2.24, 2.45) is 7.05 Å². The summed E-state index contributed by atoms with van der Waals surface area (Å²) < 4.78 is 40.8. The van der Waals surface area contributed by atoms with Gasteiger partial charge in [-0.3, -0.25) is 9.59 Å². The van der Waals surface area contributed by atoms with Gasteiger partial charge in [0, 0.05) is 45.6 Å². The molecule has 0 atom stereocenters. The second kappa shape index (κ2) is 6.81. The van der Waals surface area contributed by atoms with Gasteiger partial charge in [0.2, 0.25) is 0 Å². The van der Waals surface area contributed by atoms with Crippen molar-refractivity contribution in [3.05, 3.63) is 58.1 Å². The smallest absolute Gasteiger partial charge is 0.348 e. The summed E-state index contributed by atoms with van der Waals surface area (Å²) in [4.78, 5) is 31.9. The highest BCUT2D eigenvalue weighted by Crippen LogP contribution is 2.32. The fraction of sp³-hybridized carbons (Fsp3) is 0.353. The number of aryl methyl sites for hydroxylation is 1. The Balaban J connectivity index is 1.76. The molecule has 1 aromatic heterocycles. The predicted octanol–water partition coefficient (Wildman–Crippen LogP) is 1.76. The van der Waals surface area contributed by atoms with Gasteiger partial charge in [0.25, 0.3) is 11.5 Å². The van der Waals surface area contributed by atoms with Gasteiger partial charge < -0.3 is 14.4 Å². The molecule has 9 heteroatoms. The Kier molecular flexibility index (Phi) is 4.71. The van der Waals surface area contributed by atoms with Crippen molar-refractivity contribution in [2.45, 2.75) is 6.18 Å².